The van der Waals surface area contributed by atoms with Crippen molar-refractivity contribution >= 4 is 11.8 Å². The summed E-state index contributed by atoms with van der Waals surface area (Å²) in [6.45, 7) is 3.40. The van der Waals surface area contributed by atoms with E-state index in [1.54, 1.807) is 62.6 Å². The smallest absolute Gasteiger partial charge is 0.288 e. The van der Waals surface area contributed by atoms with Crippen LogP contribution in [-0.2, 0) is 0 Å². The Bertz CT molecular complexity index is 964. The summed E-state index contributed by atoms with van der Waals surface area (Å²) in [5, 5.41) is 19.4. The molecule has 0 radical (unpaired) electrons. The second-order valence-corrected chi connectivity index (χ2v) is 7.52. The number of hydrogen-bond acceptors (Lipinski definition) is 7. The van der Waals surface area contributed by atoms with Crippen LogP contribution in [0.1, 0.15) is 13.8 Å². The van der Waals surface area contributed by atoms with Gasteiger partial charge in [0.15, 0.2) is 5.03 Å². The van der Waals surface area contributed by atoms with Crippen molar-refractivity contribution < 1.29 is 14.9 Å². The van der Waals surface area contributed by atoms with E-state index in [2.05, 4.69) is 9.97 Å². The van der Waals surface area contributed by atoms with Crippen molar-refractivity contribution in [2.24, 2.45) is 0 Å². The second kappa shape index (κ2) is 7.81. The Kier molecular flexibility index (Phi) is 5.48. The number of phenols is 1. The predicted molar refractivity (Wildman–Crippen MR) is 102 cm³/mol. The molecule has 27 heavy (non-hydrogen) atoms. The molecule has 2 aromatic heterocycles. The van der Waals surface area contributed by atoms with Crippen LogP contribution in [0.15, 0.2) is 69.7 Å². The maximum Gasteiger partial charge on any atom is 0.288 e. The molecule has 3 aromatic rings. The van der Waals surface area contributed by atoms with Gasteiger partial charge in [0, 0.05) is 23.4 Å². The van der Waals surface area contributed by atoms with Crippen molar-refractivity contribution in [1.82, 2.24) is 14.5 Å². The topological polar surface area (TPSA) is 97.5 Å². The summed E-state index contributed by atoms with van der Waals surface area (Å²) in [4.78, 5) is 21.8. The molecule has 0 aliphatic carbocycles. The van der Waals surface area contributed by atoms with Crippen LogP contribution >= 0.6 is 11.8 Å². The molecule has 0 saturated heterocycles. The van der Waals surface area contributed by atoms with E-state index < -0.39 is 5.60 Å². The predicted octanol–water partition coefficient (Wildman–Crippen LogP) is 2.63. The van der Waals surface area contributed by atoms with Gasteiger partial charge >= 0.3 is 0 Å². The Morgan fingerprint density at radius 2 is 1.89 bits per heavy atom. The lowest BCUT2D eigenvalue weighted by Crippen LogP contribution is -2.28. The van der Waals surface area contributed by atoms with Gasteiger partial charge in [0.1, 0.15) is 12.4 Å². The lowest BCUT2D eigenvalue weighted by molar-refractivity contribution is 0.0268. The number of pyridine rings is 1. The van der Waals surface area contributed by atoms with Crippen LogP contribution in [0.4, 0.5) is 0 Å². The summed E-state index contributed by atoms with van der Waals surface area (Å²) in [6.07, 6.45) is 4.64. The van der Waals surface area contributed by atoms with E-state index in [0.717, 1.165) is 4.90 Å². The van der Waals surface area contributed by atoms with Gasteiger partial charge in [-0.2, -0.15) is 0 Å². The van der Waals surface area contributed by atoms with E-state index in [9.17, 15) is 15.0 Å². The summed E-state index contributed by atoms with van der Waals surface area (Å²) in [7, 11) is 0. The third-order valence-electron chi connectivity index (χ3n) is 3.43. The van der Waals surface area contributed by atoms with Crippen LogP contribution in [0, 0.1) is 0 Å². The summed E-state index contributed by atoms with van der Waals surface area (Å²) < 4.78 is 6.87. The molecular weight excluding hydrogens is 366 g/mol. The molecule has 0 spiro atoms. The van der Waals surface area contributed by atoms with E-state index in [1.165, 1.54) is 22.5 Å². The maximum absolute atomic E-state index is 12.7. The van der Waals surface area contributed by atoms with Gasteiger partial charge in [-0.05, 0) is 44.2 Å². The lowest BCUT2D eigenvalue weighted by atomic mass is 10.2. The van der Waals surface area contributed by atoms with Crippen LogP contribution in [-0.4, -0.2) is 37.0 Å². The van der Waals surface area contributed by atoms with Crippen molar-refractivity contribution in [3.05, 3.63) is 65.3 Å². The van der Waals surface area contributed by atoms with Crippen LogP contribution in [0.3, 0.4) is 0 Å². The third kappa shape index (κ3) is 5.08. The minimum absolute atomic E-state index is 0.113. The molecule has 7 nitrogen and oxygen atoms in total. The largest absolute Gasteiger partial charge is 0.508 e. The molecular formula is C19H19N3O4S. The minimum Gasteiger partial charge on any atom is -0.508 e. The standard InChI is InChI=1S/C19H19N3O4S/c1-19(2,25)12-26-16-8-3-13(11-21-16)22-10-9-20-17(18(22)24)27-15-6-4-14(23)5-7-15/h3-11,23,25H,12H2,1-2H3. The Balaban J connectivity index is 1.81. The van der Waals surface area contributed by atoms with Crippen molar-refractivity contribution in [1.29, 1.82) is 0 Å². The lowest BCUT2D eigenvalue weighted by Gasteiger charge is -2.17. The Hall–Kier alpha value is -2.84. The van der Waals surface area contributed by atoms with Crippen molar-refractivity contribution in [2.45, 2.75) is 29.4 Å². The first-order valence-corrected chi connectivity index (χ1v) is 9.00. The number of aromatic hydroxyl groups is 1. The van der Waals surface area contributed by atoms with E-state index in [-0.39, 0.29) is 17.9 Å². The zero-order valence-electron chi connectivity index (χ0n) is 14.9. The van der Waals surface area contributed by atoms with Crippen molar-refractivity contribution in [2.75, 3.05) is 6.61 Å². The summed E-state index contributed by atoms with van der Waals surface area (Å²) in [6, 6.07) is 9.90. The Morgan fingerprint density at radius 3 is 2.52 bits per heavy atom. The highest BCUT2D eigenvalue weighted by atomic mass is 32.2. The number of phenolic OH excluding ortho intramolecular Hbond substituents is 1. The molecule has 0 amide bonds. The Morgan fingerprint density at radius 1 is 1.15 bits per heavy atom. The molecule has 0 atom stereocenters. The van der Waals surface area contributed by atoms with Gasteiger partial charge in [0.05, 0.1) is 17.5 Å². The zero-order valence-corrected chi connectivity index (χ0v) is 15.7. The first-order valence-electron chi connectivity index (χ1n) is 8.18. The van der Waals surface area contributed by atoms with Gasteiger partial charge in [-0.15, -0.1) is 0 Å². The fourth-order valence-electron chi connectivity index (χ4n) is 2.14. The molecule has 2 N–H and O–H groups in total. The Labute approximate surface area is 160 Å². The molecule has 0 fully saturated rings. The number of aliphatic hydroxyl groups is 1. The highest BCUT2D eigenvalue weighted by molar-refractivity contribution is 7.99. The summed E-state index contributed by atoms with van der Waals surface area (Å²) in [5.41, 5.74) is -0.656. The molecule has 1 aromatic carbocycles. The van der Waals surface area contributed by atoms with Gasteiger partial charge in [-0.3, -0.25) is 9.36 Å². The van der Waals surface area contributed by atoms with Gasteiger partial charge in [-0.25, -0.2) is 9.97 Å². The number of ether oxygens (including phenoxy) is 1. The van der Waals surface area contributed by atoms with Crippen molar-refractivity contribution in [3.63, 3.8) is 0 Å². The summed E-state index contributed by atoms with van der Waals surface area (Å²) in [5.74, 6) is 0.525. The first-order chi connectivity index (χ1) is 12.8. The fraction of sp³-hybridized carbons (Fsp3) is 0.211. The normalized spacial score (nSPS) is 11.4. The summed E-state index contributed by atoms with van der Waals surface area (Å²) >= 11 is 1.22. The molecule has 2 heterocycles. The SMILES string of the molecule is CC(C)(O)COc1ccc(-n2ccnc(Sc3ccc(O)cc3)c2=O)cn1. The zero-order chi connectivity index (χ0) is 19.4. The molecule has 140 valence electrons. The van der Waals surface area contributed by atoms with Crippen LogP contribution < -0.4 is 10.3 Å². The maximum atomic E-state index is 12.7. The monoisotopic (exact) mass is 385 g/mol. The first kappa shape index (κ1) is 18.9. The molecule has 0 unspecified atom stereocenters. The van der Waals surface area contributed by atoms with E-state index in [0.29, 0.717) is 16.6 Å². The molecule has 0 aliphatic heterocycles. The van der Waals surface area contributed by atoms with Crippen LogP contribution in [0.2, 0.25) is 0 Å². The quantitative estimate of drug-likeness (QED) is 0.673. The van der Waals surface area contributed by atoms with E-state index in [4.69, 9.17) is 4.74 Å². The van der Waals surface area contributed by atoms with Gasteiger partial charge in [0.2, 0.25) is 5.88 Å². The van der Waals surface area contributed by atoms with Crippen LogP contribution in [0.5, 0.6) is 11.6 Å². The average Bonchev–Trinajstić information content (AvgIpc) is 2.63. The highest BCUT2D eigenvalue weighted by Gasteiger charge is 2.14. The average molecular weight is 385 g/mol. The number of nitrogens with zero attached hydrogens (tertiary/aromatic N) is 3. The number of rotatable bonds is 6. The number of hydrogen-bond donors (Lipinski definition) is 2. The molecule has 0 aliphatic rings. The second-order valence-electron chi connectivity index (χ2n) is 6.46. The third-order valence-corrected chi connectivity index (χ3v) is 4.41. The van der Waals surface area contributed by atoms with Crippen LogP contribution in [0.25, 0.3) is 5.69 Å². The minimum atomic E-state index is -0.956. The molecule has 3 rings (SSSR count). The highest BCUT2D eigenvalue weighted by Crippen LogP contribution is 2.25. The molecule has 0 bridgehead atoms. The van der Waals surface area contributed by atoms with Crippen molar-refractivity contribution in [3.8, 4) is 17.3 Å². The van der Waals surface area contributed by atoms with Gasteiger partial charge < -0.3 is 14.9 Å². The number of benzene rings is 1. The molecule has 8 heteroatoms. The van der Waals surface area contributed by atoms with Gasteiger partial charge in [0.25, 0.3) is 5.56 Å². The molecule has 0 saturated carbocycles. The van der Waals surface area contributed by atoms with E-state index >= 15 is 0 Å². The van der Waals surface area contributed by atoms with Gasteiger partial charge in [-0.1, -0.05) is 11.8 Å². The fourth-order valence-corrected chi connectivity index (χ4v) is 2.94. The van der Waals surface area contributed by atoms with E-state index in [1.807, 2.05) is 0 Å². The number of aromatic nitrogens is 3.